The van der Waals surface area contributed by atoms with Crippen LogP contribution in [0, 0.1) is 0 Å². The lowest BCUT2D eigenvalue weighted by molar-refractivity contribution is -0.132. The van der Waals surface area contributed by atoms with Gasteiger partial charge in [0, 0.05) is 23.7 Å². The number of hydrogen-bond donors (Lipinski definition) is 3. The summed E-state index contributed by atoms with van der Waals surface area (Å²) in [7, 11) is 1.56. The van der Waals surface area contributed by atoms with E-state index in [2.05, 4.69) is 10.3 Å². The number of hydrogen-bond acceptors (Lipinski definition) is 3. The van der Waals surface area contributed by atoms with Crippen LogP contribution in [0.4, 0.5) is 0 Å². The normalized spacial score (nSPS) is 23.0. The Hall–Kier alpha value is -1.27. The van der Waals surface area contributed by atoms with Crippen LogP contribution >= 0.6 is 23.2 Å². The average molecular weight is 314 g/mol. The fraction of sp³-hybridized carbons (Fsp3) is 0.308. The minimum Gasteiger partial charge on any atom is -0.361 e. The summed E-state index contributed by atoms with van der Waals surface area (Å²) in [6.45, 7) is 0. The fourth-order valence-corrected chi connectivity index (χ4v) is 3.02. The highest BCUT2D eigenvalue weighted by molar-refractivity contribution is 6.38. The third kappa shape index (κ3) is 2.16. The second kappa shape index (κ2) is 4.93. The number of aromatic amines is 1. The van der Waals surface area contributed by atoms with Crippen molar-refractivity contribution in [2.45, 2.75) is 18.8 Å². The van der Waals surface area contributed by atoms with Crippen LogP contribution in [-0.2, 0) is 11.2 Å². The average Bonchev–Trinajstić information content (AvgIpc) is 2.88. The zero-order valence-corrected chi connectivity index (χ0v) is 12.2. The Balaban J connectivity index is 1.94. The van der Waals surface area contributed by atoms with Crippen LogP contribution in [0.15, 0.2) is 18.3 Å². The van der Waals surface area contributed by atoms with E-state index in [0.29, 0.717) is 16.5 Å². The van der Waals surface area contributed by atoms with E-state index in [9.17, 15) is 9.90 Å². The predicted molar refractivity (Wildman–Crippen MR) is 77.7 cm³/mol. The molecule has 1 aliphatic heterocycles. The summed E-state index contributed by atoms with van der Waals surface area (Å²) in [6, 6.07) is 3.03. The summed E-state index contributed by atoms with van der Waals surface area (Å²) in [5.74, 6) is -0.139. The molecule has 0 saturated carbocycles. The molecule has 1 saturated heterocycles. The Morgan fingerprint density at radius 1 is 1.40 bits per heavy atom. The van der Waals surface area contributed by atoms with E-state index in [0.717, 1.165) is 16.5 Å². The maximum Gasteiger partial charge on any atom is 0.242 e. The fourth-order valence-electron chi connectivity index (χ4n) is 2.47. The first-order valence-electron chi connectivity index (χ1n) is 6.13. The van der Waals surface area contributed by atoms with Crippen molar-refractivity contribution >= 4 is 40.0 Å². The standard InChI is InChI=1S/C13H13Cl2N3O2/c1-18-12(19)10(17-13(18)20)2-6-5-16-11-8(6)3-7(14)4-9(11)15/h3-5,10,13,16-17,20H,2H2,1H3/t10-,13?/m1/s1. The Morgan fingerprint density at radius 3 is 2.80 bits per heavy atom. The highest BCUT2D eigenvalue weighted by atomic mass is 35.5. The second-order valence-corrected chi connectivity index (χ2v) is 5.71. The van der Waals surface area contributed by atoms with Crippen LogP contribution in [0.3, 0.4) is 0 Å². The molecule has 0 radical (unpaired) electrons. The molecular formula is C13H13Cl2N3O2. The van der Waals surface area contributed by atoms with Gasteiger partial charge in [0.05, 0.1) is 16.6 Å². The van der Waals surface area contributed by atoms with Crippen LogP contribution in [0.1, 0.15) is 5.56 Å². The molecule has 2 heterocycles. The molecule has 3 rings (SSSR count). The van der Waals surface area contributed by atoms with Crippen molar-refractivity contribution in [1.82, 2.24) is 15.2 Å². The molecule has 20 heavy (non-hydrogen) atoms. The van der Waals surface area contributed by atoms with Crippen LogP contribution < -0.4 is 5.32 Å². The van der Waals surface area contributed by atoms with Gasteiger partial charge in [0.15, 0.2) is 6.35 Å². The van der Waals surface area contributed by atoms with Crippen LogP contribution in [0.5, 0.6) is 0 Å². The maximum absolute atomic E-state index is 12.0. The number of aliphatic hydroxyl groups excluding tert-OH is 1. The Labute approximate surface area is 125 Å². The molecule has 3 N–H and O–H groups in total. The van der Waals surface area contributed by atoms with E-state index < -0.39 is 12.4 Å². The van der Waals surface area contributed by atoms with Gasteiger partial charge in [-0.1, -0.05) is 23.2 Å². The lowest BCUT2D eigenvalue weighted by Crippen LogP contribution is -2.34. The van der Waals surface area contributed by atoms with Crippen molar-refractivity contribution in [2.75, 3.05) is 7.05 Å². The van der Waals surface area contributed by atoms with Gasteiger partial charge in [0.1, 0.15) is 0 Å². The van der Waals surface area contributed by atoms with Crippen LogP contribution in [0.25, 0.3) is 10.9 Å². The number of carbonyl (C=O) groups excluding carboxylic acids is 1. The molecule has 2 atom stereocenters. The number of aliphatic hydroxyl groups is 1. The number of H-pyrrole nitrogens is 1. The summed E-state index contributed by atoms with van der Waals surface area (Å²) >= 11 is 12.1. The van der Waals surface area contributed by atoms with Crippen LogP contribution in [-0.4, -0.2) is 40.3 Å². The first-order chi connectivity index (χ1) is 9.47. The molecule has 5 nitrogen and oxygen atoms in total. The van der Waals surface area contributed by atoms with Crippen molar-refractivity contribution < 1.29 is 9.90 Å². The van der Waals surface area contributed by atoms with E-state index in [1.807, 2.05) is 12.3 Å². The summed E-state index contributed by atoms with van der Waals surface area (Å²) in [6.07, 6.45) is 1.33. The van der Waals surface area contributed by atoms with Gasteiger partial charge in [-0.15, -0.1) is 0 Å². The predicted octanol–water partition coefficient (Wildman–Crippen LogP) is 1.72. The third-order valence-electron chi connectivity index (χ3n) is 3.58. The summed E-state index contributed by atoms with van der Waals surface area (Å²) in [5, 5.41) is 14.4. The molecule has 0 aliphatic carbocycles. The molecule has 1 unspecified atom stereocenters. The third-order valence-corrected chi connectivity index (χ3v) is 4.09. The van der Waals surface area contributed by atoms with Crippen molar-refractivity contribution in [3.63, 3.8) is 0 Å². The second-order valence-electron chi connectivity index (χ2n) is 4.87. The number of amides is 1. The van der Waals surface area contributed by atoms with E-state index in [1.165, 1.54) is 4.90 Å². The quantitative estimate of drug-likeness (QED) is 0.791. The lowest BCUT2D eigenvalue weighted by atomic mass is 10.1. The van der Waals surface area contributed by atoms with E-state index in [-0.39, 0.29) is 5.91 Å². The first-order valence-corrected chi connectivity index (χ1v) is 6.89. The molecule has 0 bridgehead atoms. The summed E-state index contributed by atoms with van der Waals surface area (Å²) in [5.41, 5.74) is 1.73. The molecule has 106 valence electrons. The number of nitrogens with zero attached hydrogens (tertiary/aromatic N) is 1. The molecule has 1 amide bonds. The smallest absolute Gasteiger partial charge is 0.242 e. The van der Waals surface area contributed by atoms with Gasteiger partial charge in [-0.2, -0.15) is 0 Å². The number of rotatable bonds is 2. The number of likely N-dealkylation sites (N-methyl/N-ethyl adjacent to an activating group) is 1. The van der Waals surface area contributed by atoms with Crippen molar-refractivity contribution in [1.29, 1.82) is 0 Å². The monoisotopic (exact) mass is 313 g/mol. The van der Waals surface area contributed by atoms with E-state index >= 15 is 0 Å². The summed E-state index contributed by atoms with van der Waals surface area (Å²) in [4.78, 5) is 16.3. The summed E-state index contributed by atoms with van der Waals surface area (Å²) < 4.78 is 0. The molecular weight excluding hydrogens is 301 g/mol. The minimum absolute atomic E-state index is 0.139. The molecule has 1 fully saturated rings. The maximum atomic E-state index is 12.0. The molecule has 0 spiro atoms. The first kappa shape index (κ1) is 13.7. The van der Waals surface area contributed by atoms with Gasteiger partial charge < -0.3 is 15.0 Å². The van der Waals surface area contributed by atoms with Gasteiger partial charge in [0.25, 0.3) is 0 Å². The van der Waals surface area contributed by atoms with Crippen LogP contribution in [0.2, 0.25) is 10.0 Å². The largest absolute Gasteiger partial charge is 0.361 e. The zero-order chi connectivity index (χ0) is 14.4. The van der Waals surface area contributed by atoms with Crippen molar-refractivity contribution in [3.05, 3.63) is 33.9 Å². The van der Waals surface area contributed by atoms with Gasteiger partial charge >= 0.3 is 0 Å². The number of carbonyl (C=O) groups is 1. The SMILES string of the molecule is CN1C(=O)[C@@H](Cc2c[nH]c3c(Cl)cc(Cl)cc23)NC1O. The minimum atomic E-state index is -0.940. The molecule has 1 aromatic heterocycles. The zero-order valence-electron chi connectivity index (χ0n) is 10.7. The number of halogens is 2. The van der Waals surface area contributed by atoms with Gasteiger partial charge in [0.2, 0.25) is 5.91 Å². The Morgan fingerprint density at radius 2 is 2.15 bits per heavy atom. The number of fused-ring (bicyclic) bond motifs is 1. The van der Waals surface area contributed by atoms with Crippen molar-refractivity contribution in [2.24, 2.45) is 0 Å². The highest BCUT2D eigenvalue weighted by Gasteiger charge is 2.35. The molecule has 7 heteroatoms. The molecule has 1 aliphatic rings. The Bertz CT molecular complexity index is 686. The van der Waals surface area contributed by atoms with Crippen molar-refractivity contribution in [3.8, 4) is 0 Å². The highest BCUT2D eigenvalue weighted by Crippen LogP contribution is 2.30. The molecule has 2 aromatic rings. The number of benzene rings is 1. The van der Waals surface area contributed by atoms with E-state index in [4.69, 9.17) is 23.2 Å². The van der Waals surface area contributed by atoms with Gasteiger partial charge in [-0.25, -0.2) is 0 Å². The van der Waals surface area contributed by atoms with E-state index in [1.54, 1.807) is 13.1 Å². The van der Waals surface area contributed by atoms with Gasteiger partial charge in [-0.3, -0.25) is 10.1 Å². The van der Waals surface area contributed by atoms with Gasteiger partial charge in [-0.05, 0) is 24.1 Å². The Kier molecular flexibility index (Phi) is 3.38. The number of aromatic nitrogens is 1. The topological polar surface area (TPSA) is 68.4 Å². The molecule has 1 aromatic carbocycles. The number of nitrogens with one attached hydrogen (secondary N) is 2. The lowest BCUT2D eigenvalue weighted by Gasteiger charge is -2.11.